The molecular weight excluding hydrogens is 272 g/mol. The molecule has 3 unspecified atom stereocenters. The monoisotopic (exact) mass is 290 g/mol. The van der Waals surface area contributed by atoms with Crippen LogP contribution in [0, 0.1) is 11.8 Å². The van der Waals surface area contributed by atoms with Gasteiger partial charge in [-0.25, -0.2) is 12.7 Å². The van der Waals surface area contributed by atoms with Gasteiger partial charge in [0.05, 0.1) is 17.1 Å². The van der Waals surface area contributed by atoms with Crippen molar-refractivity contribution in [2.45, 2.75) is 30.9 Å². The summed E-state index contributed by atoms with van der Waals surface area (Å²) in [5, 5.41) is 8.21. The first-order valence-corrected chi connectivity index (χ1v) is 7.85. The van der Waals surface area contributed by atoms with Crippen molar-refractivity contribution < 1.29 is 23.1 Å². The van der Waals surface area contributed by atoms with Crippen molar-refractivity contribution in [3.05, 3.63) is 0 Å². The summed E-state index contributed by atoms with van der Waals surface area (Å²) in [7, 11) is -3.65. The minimum Gasteiger partial charge on any atom is -0.481 e. The third kappa shape index (κ3) is 2.59. The van der Waals surface area contributed by atoms with Crippen molar-refractivity contribution in [2.75, 3.05) is 13.1 Å². The molecule has 0 aromatic rings. The zero-order valence-electron chi connectivity index (χ0n) is 10.5. The molecular formula is C11H18N2O5S. The highest BCUT2D eigenvalue weighted by molar-refractivity contribution is 7.89. The topological polar surface area (TPSA) is 118 Å². The zero-order valence-corrected chi connectivity index (χ0v) is 11.3. The van der Waals surface area contributed by atoms with Crippen LogP contribution < -0.4 is 5.73 Å². The highest BCUT2D eigenvalue weighted by atomic mass is 32.2. The number of carboxylic acid groups (broad SMARTS) is 1. The third-order valence-electron chi connectivity index (χ3n) is 4.07. The van der Waals surface area contributed by atoms with Gasteiger partial charge in [-0.05, 0) is 19.3 Å². The quantitative estimate of drug-likeness (QED) is 0.715. The molecule has 108 valence electrons. The fraction of sp³-hybridized carbons (Fsp3) is 0.818. The summed E-state index contributed by atoms with van der Waals surface area (Å²) in [6.07, 6.45) is 1.79. The largest absolute Gasteiger partial charge is 0.481 e. The van der Waals surface area contributed by atoms with Crippen LogP contribution in [0.2, 0.25) is 0 Å². The molecule has 2 fully saturated rings. The number of hydrogen-bond acceptors (Lipinski definition) is 4. The van der Waals surface area contributed by atoms with Gasteiger partial charge in [-0.2, -0.15) is 0 Å². The molecule has 0 aromatic carbocycles. The highest BCUT2D eigenvalue weighted by Gasteiger charge is 2.46. The molecule has 1 aliphatic carbocycles. The predicted octanol–water partition coefficient (Wildman–Crippen LogP) is -0.623. The van der Waals surface area contributed by atoms with E-state index in [1.807, 2.05) is 0 Å². The van der Waals surface area contributed by atoms with Gasteiger partial charge in [0.15, 0.2) is 0 Å². The average Bonchev–Trinajstić information content (AvgIpc) is 2.98. The average molecular weight is 290 g/mol. The van der Waals surface area contributed by atoms with Crippen molar-refractivity contribution in [3.63, 3.8) is 0 Å². The number of sulfonamides is 1. The summed E-state index contributed by atoms with van der Waals surface area (Å²) in [6.45, 7) is 0.333. The fourth-order valence-electron chi connectivity index (χ4n) is 2.95. The van der Waals surface area contributed by atoms with Gasteiger partial charge in [0.1, 0.15) is 0 Å². The lowest BCUT2D eigenvalue weighted by Crippen LogP contribution is -2.41. The van der Waals surface area contributed by atoms with Crippen LogP contribution in [0.3, 0.4) is 0 Å². The number of primary amides is 1. The first-order chi connectivity index (χ1) is 8.84. The highest BCUT2D eigenvalue weighted by Crippen LogP contribution is 2.34. The number of hydrogen-bond donors (Lipinski definition) is 2. The molecule has 1 saturated carbocycles. The molecule has 1 saturated heterocycles. The molecule has 3 N–H and O–H groups in total. The summed E-state index contributed by atoms with van der Waals surface area (Å²) < 4.78 is 26.1. The Hall–Kier alpha value is -1.15. The molecule has 0 radical (unpaired) electrons. The van der Waals surface area contributed by atoms with Crippen molar-refractivity contribution in [3.8, 4) is 0 Å². The van der Waals surface area contributed by atoms with Crippen molar-refractivity contribution in [2.24, 2.45) is 17.6 Å². The molecule has 2 rings (SSSR count). The van der Waals surface area contributed by atoms with Crippen LogP contribution in [-0.2, 0) is 19.6 Å². The van der Waals surface area contributed by atoms with Crippen molar-refractivity contribution in [1.29, 1.82) is 0 Å². The maximum Gasteiger partial charge on any atom is 0.307 e. The summed E-state index contributed by atoms with van der Waals surface area (Å²) in [4.78, 5) is 22.2. The number of aliphatic carboxylic acids is 1. The van der Waals surface area contributed by atoms with Gasteiger partial charge in [0.2, 0.25) is 15.9 Å². The number of carbonyl (C=O) groups is 2. The van der Waals surface area contributed by atoms with Crippen LogP contribution in [0.4, 0.5) is 0 Å². The van der Waals surface area contributed by atoms with Crippen LogP contribution in [-0.4, -0.2) is 48.0 Å². The Balaban J connectivity index is 2.15. The SMILES string of the molecule is NC(=O)C1CCN(S(=O)(=O)C2CCCC2C(=O)O)C1. The van der Waals surface area contributed by atoms with Crippen LogP contribution in [0.25, 0.3) is 0 Å². The summed E-state index contributed by atoms with van der Waals surface area (Å²) in [6, 6.07) is 0. The second kappa shape index (κ2) is 5.09. The number of nitrogens with zero attached hydrogens (tertiary/aromatic N) is 1. The minimum absolute atomic E-state index is 0.0838. The van der Waals surface area contributed by atoms with E-state index in [2.05, 4.69) is 0 Å². The van der Waals surface area contributed by atoms with Crippen LogP contribution in [0.15, 0.2) is 0 Å². The Morgan fingerprint density at radius 1 is 1.21 bits per heavy atom. The molecule has 8 heteroatoms. The lowest BCUT2D eigenvalue weighted by atomic mass is 10.1. The Morgan fingerprint density at radius 2 is 1.89 bits per heavy atom. The van der Waals surface area contributed by atoms with Crippen LogP contribution in [0.5, 0.6) is 0 Å². The molecule has 1 amide bonds. The summed E-state index contributed by atoms with van der Waals surface area (Å²) >= 11 is 0. The van der Waals surface area contributed by atoms with Gasteiger partial charge in [0, 0.05) is 13.1 Å². The Kier molecular flexibility index (Phi) is 3.82. The molecule has 0 aromatic heterocycles. The first kappa shape index (κ1) is 14.3. The fourth-order valence-corrected chi connectivity index (χ4v) is 5.21. The maximum absolute atomic E-state index is 12.4. The second-order valence-corrected chi connectivity index (χ2v) is 7.36. The Bertz CT molecular complexity index is 489. The molecule has 19 heavy (non-hydrogen) atoms. The number of rotatable bonds is 4. The van der Waals surface area contributed by atoms with Crippen LogP contribution >= 0.6 is 0 Å². The van der Waals surface area contributed by atoms with Crippen molar-refractivity contribution >= 4 is 21.9 Å². The van der Waals surface area contributed by atoms with Gasteiger partial charge in [-0.15, -0.1) is 0 Å². The second-order valence-electron chi connectivity index (χ2n) is 5.21. The molecule has 3 atom stereocenters. The molecule has 0 spiro atoms. The molecule has 2 aliphatic rings. The number of nitrogens with two attached hydrogens (primary N) is 1. The Morgan fingerprint density at radius 3 is 2.42 bits per heavy atom. The van der Waals surface area contributed by atoms with E-state index in [0.717, 1.165) is 0 Å². The lowest BCUT2D eigenvalue weighted by molar-refractivity contribution is -0.141. The normalized spacial score (nSPS) is 32.5. The molecule has 0 bridgehead atoms. The van der Waals surface area contributed by atoms with Crippen molar-refractivity contribution in [1.82, 2.24) is 4.31 Å². The van der Waals surface area contributed by atoms with E-state index >= 15 is 0 Å². The van der Waals surface area contributed by atoms with Crippen LogP contribution in [0.1, 0.15) is 25.7 Å². The van der Waals surface area contributed by atoms with Gasteiger partial charge in [0.25, 0.3) is 0 Å². The number of amides is 1. The Labute approximate surface area is 111 Å². The zero-order chi connectivity index (χ0) is 14.2. The van der Waals surface area contributed by atoms with E-state index in [1.54, 1.807) is 0 Å². The van der Waals surface area contributed by atoms with E-state index in [4.69, 9.17) is 10.8 Å². The van der Waals surface area contributed by atoms with E-state index in [1.165, 1.54) is 4.31 Å². The molecule has 1 heterocycles. The lowest BCUT2D eigenvalue weighted by Gasteiger charge is -2.23. The minimum atomic E-state index is -3.65. The van der Waals surface area contributed by atoms with Gasteiger partial charge < -0.3 is 10.8 Å². The van der Waals surface area contributed by atoms with Gasteiger partial charge in [-0.1, -0.05) is 6.42 Å². The van der Waals surface area contributed by atoms with E-state index in [9.17, 15) is 18.0 Å². The molecule has 7 nitrogen and oxygen atoms in total. The standard InChI is InChI=1S/C11H18N2O5S/c12-10(14)7-4-5-13(6-7)19(17,18)9-3-1-2-8(9)11(15)16/h7-9H,1-6H2,(H2,12,14)(H,15,16). The van der Waals surface area contributed by atoms with E-state index < -0.39 is 39.0 Å². The van der Waals surface area contributed by atoms with Gasteiger partial charge >= 0.3 is 5.97 Å². The summed E-state index contributed by atoms with van der Waals surface area (Å²) in [5.41, 5.74) is 5.18. The van der Waals surface area contributed by atoms with Gasteiger partial charge in [-0.3, -0.25) is 9.59 Å². The number of carbonyl (C=O) groups excluding carboxylic acids is 1. The maximum atomic E-state index is 12.4. The summed E-state index contributed by atoms with van der Waals surface area (Å²) in [5.74, 6) is -2.85. The van der Waals surface area contributed by atoms with E-state index in [0.29, 0.717) is 25.7 Å². The first-order valence-electron chi connectivity index (χ1n) is 6.35. The predicted molar refractivity (Wildman–Crippen MR) is 66.6 cm³/mol. The molecule has 1 aliphatic heterocycles. The van der Waals surface area contributed by atoms with E-state index in [-0.39, 0.29) is 13.1 Å². The number of carboxylic acids is 1. The third-order valence-corrected chi connectivity index (χ3v) is 6.45. The smallest absolute Gasteiger partial charge is 0.307 e.